The van der Waals surface area contributed by atoms with Crippen molar-refractivity contribution in [2.75, 3.05) is 45.9 Å². The number of carbonyl (C=O) groups excluding carboxylic acids is 1. The molecule has 1 N–H and O–H groups in total. The third kappa shape index (κ3) is 5.80. The van der Waals surface area contributed by atoms with Crippen LogP contribution in [0.4, 0.5) is 5.69 Å². The van der Waals surface area contributed by atoms with Crippen molar-refractivity contribution < 1.29 is 14.3 Å². The first-order valence-corrected chi connectivity index (χ1v) is 11.3. The van der Waals surface area contributed by atoms with E-state index >= 15 is 0 Å². The lowest BCUT2D eigenvalue weighted by molar-refractivity contribution is -0.113. The summed E-state index contributed by atoms with van der Waals surface area (Å²) in [5.41, 5.74) is 2.49. The fraction of sp³-hybridized carbons (Fsp3) is 0.500. The summed E-state index contributed by atoms with van der Waals surface area (Å²) in [6, 6.07) is 5.23. The van der Waals surface area contributed by atoms with Crippen molar-refractivity contribution >= 4 is 23.4 Å². The number of amides is 1. The highest BCUT2D eigenvalue weighted by atomic mass is 32.2. The number of anilines is 1. The number of rotatable bonds is 9. The second-order valence-corrected chi connectivity index (χ2v) is 8.65. The number of likely N-dealkylation sites (N-methyl/N-ethyl adjacent to an activating group) is 1. The van der Waals surface area contributed by atoms with Crippen molar-refractivity contribution in [3.8, 4) is 11.5 Å². The number of nitrogens with zero attached hydrogens (tertiary/aromatic N) is 3. The van der Waals surface area contributed by atoms with Crippen molar-refractivity contribution in [1.29, 1.82) is 0 Å². The van der Waals surface area contributed by atoms with E-state index in [1.54, 1.807) is 37.0 Å². The topological polar surface area (TPSA) is 85.7 Å². The van der Waals surface area contributed by atoms with Crippen molar-refractivity contribution in [1.82, 2.24) is 14.5 Å². The number of aromatic nitrogens is 2. The first-order valence-electron chi connectivity index (χ1n) is 10.3. The Bertz CT molecular complexity index is 990. The van der Waals surface area contributed by atoms with Crippen molar-refractivity contribution in [3.05, 3.63) is 39.9 Å². The Morgan fingerprint density at radius 1 is 1.23 bits per heavy atom. The minimum absolute atomic E-state index is 0.154. The average molecular weight is 447 g/mol. The van der Waals surface area contributed by atoms with Crippen LogP contribution in [0.1, 0.15) is 24.1 Å². The van der Waals surface area contributed by atoms with E-state index in [0.717, 1.165) is 43.5 Å². The maximum Gasteiger partial charge on any atom is 0.348 e. The van der Waals surface area contributed by atoms with Crippen molar-refractivity contribution in [3.63, 3.8) is 0 Å². The maximum atomic E-state index is 12.7. The number of carbonyl (C=O) groups is 1. The molecule has 1 amide bonds. The summed E-state index contributed by atoms with van der Waals surface area (Å²) in [6.07, 6.45) is 3.90. The van der Waals surface area contributed by atoms with E-state index in [1.165, 1.54) is 11.8 Å². The second kappa shape index (κ2) is 10.7. The molecule has 1 aromatic carbocycles. The summed E-state index contributed by atoms with van der Waals surface area (Å²) in [5.74, 6) is 1.14. The van der Waals surface area contributed by atoms with E-state index < -0.39 is 0 Å². The number of fused-ring (bicyclic) bond motifs is 1. The third-order valence-corrected chi connectivity index (χ3v) is 6.26. The molecule has 0 bridgehead atoms. The number of methoxy groups -OCH3 is 2. The molecule has 0 saturated carbocycles. The fourth-order valence-electron chi connectivity index (χ4n) is 3.63. The van der Waals surface area contributed by atoms with Crippen LogP contribution in [0, 0.1) is 0 Å². The molecule has 0 fully saturated rings. The molecule has 0 spiro atoms. The number of ether oxygens (including phenoxy) is 2. The Hall–Kier alpha value is -2.52. The van der Waals surface area contributed by atoms with Crippen LogP contribution in [0.3, 0.4) is 0 Å². The second-order valence-electron chi connectivity index (χ2n) is 7.69. The average Bonchev–Trinajstić information content (AvgIpc) is 2.76. The van der Waals surface area contributed by atoms with Crippen LogP contribution in [0.2, 0.25) is 0 Å². The number of nitrogens with one attached hydrogen (secondary N) is 1. The van der Waals surface area contributed by atoms with Crippen LogP contribution >= 0.6 is 11.8 Å². The third-order valence-electron chi connectivity index (χ3n) is 5.24. The summed E-state index contributed by atoms with van der Waals surface area (Å²) < 4.78 is 12.3. The van der Waals surface area contributed by atoms with Crippen LogP contribution in [0.5, 0.6) is 11.5 Å². The summed E-state index contributed by atoms with van der Waals surface area (Å²) >= 11 is 1.31. The maximum absolute atomic E-state index is 12.7. The van der Waals surface area contributed by atoms with Gasteiger partial charge in [-0.2, -0.15) is 4.98 Å². The van der Waals surface area contributed by atoms with E-state index in [0.29, 0.717) is 28.8 Å². The number of hydrogen-bond acceptors (Lipinski definition) is 7. The van der Waals surface area contributed by atoms with Crippen LogP contribution in [0.25, 0.3) is 0 Å². The summed E-state index contributed by atoms with van der Waals surface area (Å²) in [5, 5.41) is 3.54. The summed E-state index contributed by atoms with van der Waals surface area (Å²) in [6.45, 7) is 1.41. The van der Waals surface area contributed by atoms with Gasteiger partial charge in [-0.3, -0.25) is 9.36 Å². The van der Waals surface area contributed by atoms with Gasteiger partial charge in [0.25, 0.3) is 0 Å². The lowest BCUT2D eigenvalue weighted by Crippen LogP contribution is -2.33. The first kappa shape index (κ1) is 23.1. The molecule has 1 aromatic heterocycles. The zero-order valence-corrected chi connectivity index (χ0v) is 19.4. The summed E-state index contributed by atoms with van der Waals surface area (Å²) in [7, 11) is 7.10. The highest BCUT2D eigenvalue weighted by Crippen LogP contribution is 2.31. The highest BCUT2D eigenvalue weighted by Gasteiger charge is 2.21. The molecule has 1 aliphatic carbocycles. The highest BCUT2D eigenvalue weighted by molar-refractivity contribution is 8.00. The van der Waals surface area contributed by atoms with E-state index in [4.69, 9.17) is 9.47 Å². The molecule has 1 aliphatic rings. The van der Waals surface area contributed by atoms with Gasteiger partial charge in [0.1, 0.15) is 16.5 Å². The standard InChI is InChI=1S/C22H30N4O4S/c1-25(2)11-12-26-18-8-6-5-7-16(18)21(24-22(26)28)31-14-20(27)23-17-13-15(29-3)9-10-19(17)30-4/h9-10,13H,5-8,11-12,14H2,1-4H3,(H,23,27). The monoisotopic (exact) mass is 446 g/mol. The van der Waals surface area contributed by atoms with Crippen molar-refractivity contribution in [2.24, 2.45) is 0 Å². The molecule has 3 rings (SSSR count). The lowest BCUT2D eigenvalue weighted by Gasteiger charge is -2.23. The van der Waals surface area contributed by atoms with Gasteiger partial charge in [0.2, 0.25) is 5.91 Å². The quantitative estimate of drug-likeness (QED) is 0.468. The van der Waals surface area contributed by atoms with Gasteiger partial charge >= 0.3 is 5.69 Å². The van der Waals surface area contributed by atoms with Gasteiger partial charge in [-0.25, -0.2) is 4.79 Å². The minimum Gasteiger partial charge on any atom is -0.497 e. The molecular formula is C22H30N4O4S. The Morgan fingerprint density at radius 3 is 2.71 bits per heavy atom. The van der Waals surface area contributed by atoms with Crippen molar-refractivity contribution in [2.45, 2.75) is 37.3 Å². The van der Waals surface area contributed by atoms with Gasteiger partial charge in [-0.05, 0) is 51.9 Å². The SMILES string of the molecule is COc1ccc(OC)c(NC(=O)CSc2nc(=O)n(CCN(C)C)c3c2CCCC3)c1. The molecule has 0 unspecified atom stereocenters. The first-order chi connectivity index (χ1) is 14.9. The largest absolute Gasteiger partial charge is 0.497 e. The molecule has 0 radical (unpaired) electrons. The smallest absolute Gasteiger partial charge is 0.348 e. The molecule has 1 heterocycles. The molecule has 0 atom stereocenters. The zero-order valence-electron chi connectivity index (χ0n) is 18.6. The molecule has 2 aromatic rings. The van der Waals surface area contributed by atoms with Gasteiger partial charge in [-0.1, -0.05) is 11.8 Å². The van der Waals surface area contributed by atoms with Crippen LogP contribution in [-0.4, -0.2) is 61.0 Å². The minimum atomic E-state index is -0.236. The van der Waals surface area contributed by atoms with E-state index in [2.05, 4.69) is 15.2 Å². The molecule has 0 aliphatic heterocycles. The number of thioether (sulfide) groups is 1. The van der Waals surface area contributed by atoms with Crippen LogP contribution in [0.15, 0.2) is 28.0 Å². The molecule has 168 valence electrons. The van der Waals surface area contributed by atoms with E-state index in [-0.39, 0.29) is 17.3 Å². The van der Waals surface area contributed by atoms with Gasteiger partial charge < -0.3 is 19.7 Å². The Balaban J connectivity index is 1.75. The normalized spacial score (nSPS) is 13.1. The fourth-order valence-corrected chi connectivity index (χ4v) is 4.51. The van der Waals surface area contributed by atoms with Crippen LogP contribution in [-0.2, 0) is 24.2 Å². The molecular weight excluding hydrogens is 416 g/mol. The Kier molecular flexibility index (Phi) is 7.97. The number of benzene rings is 1. The molecule has 31 heavy (non-hydrogen) atoms. The van der Waals surface area contributed by atoms with Gasteiger partial charge in [0.05, 0.1) is 25.7 Å². The van der Waals surface area contributed by atoms with E-state index in [1.807, 2.05) is 14.1 Å². The zero-order chi connectivity index (χ0) is 22.4. The molecule has 0 saturated heterocycles. The number of hydrogen-bond donors (Lipinski definition) is 1. The van der Waals surface area contributed by atoms with E-state index in [9.17, 15) is 9.59 Å². The molecule has 9 heteroatoms. The van der Waals surface area contributed by atoms with Gasteiger partial charge in [-0.15, -0.1) is 0 Å². The predicted molar refractivity (Wildman–Crippen MR) is 123 cm³/mol. The van der Waals surface area contributed by atoms with Crippen LogP contribution < -0.4 is 20.5 Å². The summed E-state index contributed by atoms with van der Waals surface area (Å²) in [4.78, 5) is 31.7. The Morgan fingerprint density at radius 2 is 2.00 bits per heavy atom. The molecule has 8 nitrogen and oxygen atoms in total. The lowest BCUT2D eigenvalue weighted by atomic mass is 9.97. The van der Waals surface area contributed by atoms with Gasteiger partial charge in [0, 0.05) is 30.4 Å². The Labute approximate surface area is 186 Å². The predicted octanol–water partition coefficient (Wildman–Crippen LogP) is 2.43. The van der Waals surface area contributed by atoms with Gasteiger partial charge in [0.15, 0.2) is 0 Å².